The lowest BCUT2D eigenvalue weighted by molar-refractivity contribution is -0.0205. The SMILES string of the molecule is CC#Cc1ccc(-c2ccc(C(=O)[C@@H]3CC[C@@]45C=CC6[C@@H](CC#Cc7c(cc(O)c8c7N[C@H]([C@H](C)O)C=C8)C[C@@H]4NC(N)=NC)[C@H]([C@H](O)CO)C[C@]63C5)s2)s1. The minimum absolute atomic E-state index is 0.0478. The molecule has 55 heavy (non-hydrogen) atoms. The van der Waals surface area contributed by atoms with Crippen LogP contribution >= 0.6 is 22.7 Å². The van der Waals surface area contributed by atoms with E-state index < -0.39 is 23.0 Å². The highest BCUT2D eigenvalue weighted by molar-refractivity contribution is 7.23. The summed E-state index contributed by atoms with van der Waals surface area (Å²) in [4.78, 5) is 23.1. The second kappa shape index (κ2) is 14.6. The summed E-state index contributed by atoms with van der Waals surface area (Å²) in [5.41, 5.74) is 8.40. The number of carbonyl (C=O) groups is 1. The Balaban J connectivity index is 1.25. The molecule has 0 radical (unpaired) electrons. The third-order valence-corrected chi connectivity index (χ3v) is 15.4. The van der Waals surface area contributed by atoms with E-state index in [9.17, 15) is 25.2 Å². The first kappa shape index (κ1) is 37.6. The van der Waals surface area contributed by atoms with Crippen LogP contribution in [-0.4, -0.2) is 70.1 Å². The lowest BCUT2D eigenvalue weighted by Crippen LogP contribution is -2.58. The zero-order chi connectivity index (χ0) is 38.6. The minimum atomic E-state index is -0.961. The molecule has 8 N–H and O–H groups in total. The molecule has 2 aromatic heterocycles. The van der Waals surface area contributed by atoms with Gasteiger partial charge >= 0.3 is 0 Å². The van der Waals surface area contributed by atoms with Gasteiger partial charge in [-0.25, -0.2) is 0 Å². The van der Waals surface area contributed by atoms with Crippen LogP contribution in [0.3, 0.4) is 0 Å². The molecular formula is C44H48N4O5S2. The van der Waals surface area contributed by atoms with E-state index in [2.05, 4.69) is 57.5 Å². The summed E-state index contributed by atoms with van der Waals surface area (Å²) in [6.45, 7) is 3.18. The fraction of sp³-hybridized carbons (Fsp3) is 0.455. The van der Waals surface area contributed by atoms with Crippen LogP contribution in [0, 0.1) is 58.2 Å². The largest absolute Gasteiger partial charge is 0.507 e. The van der Waals surface area contributed by atoms with Crippen molar-refractivity contribution in [3.05, 3.63) is 75.0 Å². The number of fused-ring (bicyclic) bond motifs is 3. The van der Waals surface area contributed by atoms with Crippen LogP contribution in [-0.2, 0) is 6.42 Å². The number of nitrogens with zero attached hydrogens (tertiary/aromatic N) is 1. The fourth-order valence-corrected chi connectivity index (χ4v) is 12.5. The second-order valence-corrected chi connectivity index (χ2v) is 18.1. The number of hydrogen-bond acceptors (Lipinski definition) is 9. The predicted molar refractivity (Wildman–Crippen MR) is 220 cm³/mol. The molecule has 4 aliphatic carbocycles. The Hall–Kier alpha value is -4.36. The standard InChI is InChI=1S/C44H48N4O5S2/c1-4-6-26-9-12-36(54-26)37-13-14-38(55-37)41(53)32-16-18-43-17-15-31-28(30(35(52)22-49)21-44(31,32)23-43)8-5-7-27-25(20-39(43)48-42(45)46-3)19-34(51)29-10-11-33(24(2)50)47-40(27)29/h9-15,17,19,24,28,30-33,35,39,47,49-52H,8,16,18,20-23H2,1-3H3,(H3,45,46,48)/t24-,28-,30+,31?,32-,33-,35+,39-,43+,44-/m0/s1. The van der Waals surface area contributed by atoms with E-state index in [0.29, 0.717) is 55.7 Å². The molecule has 3 heterocycles. The molecule has 8 rings (SSSR count). The zero-order valence-corrected chi connectivity index (χ0v) is 32.9. The van der Waals surface area contributed by atoms with Gasteiger partial charge in [-0.3, -0.25) is 9.79 Å². The molecule has 286 valence electrons. The van der Waals surface area contributed by atoms with Gasteiger partial charge in [0, 0.05) is 46.2 Å². The molecule has 10 atom stereocenters. The highest BCUT2D eigenvalue weighted by Gasteiger charge is 2.65. The number of anilines is 1. The minimum Gasteiger partial charge on any atom is -0.507 e. The number of rotatable bonds is 7. The zero-order valence-electron chi connectivity index (χ0n) is 31.3. The first-order valence-electron chi connectivity index (χ1n) is 19.2. The molecule has 5 aliphatic rings. The Kier molecular flexibility index (Phi) is 9.98. The molecule has 1 aliphatic heterocycles. The smallest absolute Gasteiger partial charge is 0.188 e. The molecule has 9 nitrogen and oxygen atoms in total. The van der Waals surface area contributed by atoms with Crippen molar-refractivity contribution in [3.63, 3.8) is 0 Å². The lowest BCUT2D eigenvalue weighted by Gasteiger charge is -2.57. The Labute approximate surface area is 330 Å². The molecule has 3 bridgehead atoms. The first-order valence-corrected chi connectivity index (χ1v) is 20.8. The summed E-state index contributed by atoms with van der Waals surface area (Å²) in [7, 11) is 1.65. The highest BCUT2D eigenvalue weighted by atomic mass is 32.1. The number of benzene rings is 1. The molecule has 2 spiro atoms. The maximum Gasteiger partial charge on any atom is 0.188 e. The fourth-order valence-electron chi connectivity index (χ4n) is 10.5. The van der Waals surface area contributed by atoms with Crippen LogP contribution in [0.1, 0.15) is 77.2 Å². The summed E-state index contributed by atoms with van der Waals surface area (Å²) in [5, 5.41) is 50.8. The van der Waals surface area contributed by atoms with Crippen LogP contribution in [0.25, 0.3) is 15.8 Å². The molecule has 11 heteroatoms. The molecule has 1 aromatic carbocycles. The van der Waals surface area contributed by atoms with Gasteiger partial charge in [-0.2, -0.15) is 0 Å². The molecule has 1 unspecified atom stereocenters. The number of carbonyl (C=O) groups excluding carboxylic acids is 1. The number of aliphatic imine (C=N–C) groups is 1. The summed E-state index contributed by atoms with van der Waals surface area (Å²) in [5.74, 6) is 12.9. The third kappa shape index (κ3) is 6.40. The van der Waals surface area contributed by atoms with Gasteiger partial charge in [-0.15, -0.1) is 28.6 Å². The van der Waals surface area contributed by atoms with E-state index in [1.807, 2.05) is 37.3 Å². The third-order valence-electron chi connectivity index (χ3n) is 13.1. The second-order valence-electron chi connectivity index (χ2n) is 16.0. The van der Waals surface area contributed by atoms with E-state index >= 15 is 0 Å². The van der Waals surface area contributed by atoms with Crippen molar-refractivity contribution in [2.24, 2.45) is 45.2 Å². The Morgan fingerprint density at radius 2 is 2.00 bits per heavy atom. The van der Waals surface area contributed by atoms with E-state index in [0.717, 1.165) is 30.6 Å². The number of thiophene rings is 2. The van der Waals surface area contributed by atoms with Gasteiger partial charge in [0.25, 0.3) is 0 Å². The maximum atomic E-state index is 15.0. The summed E-state index contributed by atoms with van der Waals surface area (Å²) >= 11 is 3.16. The van der Waals surface area contributed by atoms with Gasteiger partial charge in [0.2, 0.25) is 0 Å². The average molecular weight is 777 g/mol. The van der Waals surface area contributed by atoms with Crippen molar-refractivity contribution in [1.82, 2.24) is 5.32 Å². The number of phenols is 1. The van der Waals surface area contributed by atoms with E-state index in [4.69, 9.17) is 5.73 Å². The summed E-state index contributed by atoms with van der Waals surface area (Å²) in [6.07, 6.45) is 10.2. The number of nitrogens with one attached hydrogen (secondary N) is 2. The summed E-state index contributed by atoms with van der Waals surface area (Å²) < 4.78 is 0. The van der Waals surface area contributed by atoms with Gasteiger partial charge in [-0.05, 0) is 105 Å². The van der Waals surface area contributed by atoms with Gasteiger partial charge < -0.3 is 36.8 Å². The number of ketones is 1. The molecule has 0 amide bonds. The van der Waals surface area contributed by atoms with Gasteiger partial charge in [0.15, 0.2) is 11.7 Å². The normalized spacial score (nSPS) is 31.3. The first-order chi connectivity index (χ1) is 26.5. The van der Waals surface area contributed by atoms with Gasteiger partial charge in [-0.1, -0.05) is 42.1 Å². The number of nitrogens with two attached hydrogens (primary N) is 1. The topological polar surface area (TPSA) is 160 Å². The van der Waals surface area contributed by atoms with Crippen molar-refractivity contribution >= 4 is 46.2 Å². The van der Waals surface area contributed by atoms with Crippen molar-refractivity contribution in [3.8, 4) is 39.2 Å². The van der Waals surface area contributed by atoms with Crippen LogP contribution < -0.4 is 16.4 Å². The number of hydrogen-bond donors (Lipinski definition) is 7. The molecule has 3 aromatic rings. The van der Waals surface area contributed by atoms with Crippen molar-refractivity contribution < 1.29 is 25.2 Å². The number of aliphatic hydroxyl groups is 3. The average Bonchev–Trinajstić information content (AvgIpc) is 3.93. The highest BCUT2D eigenvalue weighted by Crippen LogP contribution is 2.69. The van der Waals surface area contributed by atoms with Gasteiger partial charge in [0.1, 0.15) is 5.75 Å². The van der Waals surface area contributed by atoms with Crippen molar-refractivity contribution in [1.29, 1.82) is 0 Å². The Morgan fingerprint density at radius 3 is 2.76 bits per heavy atom. The molecule has 0 saturated heterocycles. The van der Waals surface area contributed by atoms with Gasteiger partial charge in [0.05, 0.1) is 45.9 Å². The number of allylic oxidation sites excluding steroid dienone is 1. The Morgan fingerprint density at radius 1 is 1.20 bits per heavy atom. The molecule has 2 fully saturated rings. The van der Waals surface area contributed by atoms with E-state index in [1.165, 1.54) is 11.3 Å². The molecule has 2 saturated carbocycles. The number of guanidine groups is 1. The lowest BCUT2D eigenvalue weighted by atomic mass is 9.47. The Bertz CT molecular complexity index is 2230. The number of aliphatic hydroxyl groups excluding tert-OH is 3. The quantitative estimate of drug-likeness (QED) is 0.0524. The number of phenolic OH excluding ortho intramolecular Hbond substituents is 1. The van der Waals surface area contributed by atoms with Crippen LogP contribution in [0.15, 0.2) is 53.6 Å². The monoisotopic (exact) mass is 776 g/mol. The van der Waals surface area contributed by atoms with E-state index in [-0.39, 0.29) is 53.9 Å². The van der Waals surface area contributed by atoms with Crippen molar-refractivity contribution in [2.45, 2.75) is 76.7 Å². The van der Waals surface area contributed by atoms with E-state index in [1.54, 1.807) is 31.4 Å². The van der Waals surface area contributed by atoms with Crippen LogP contribution in [0.5, 0.6) is 5.75 Å². The predicted octanol–water partition coefficient (Wildman–Crippen LogP) is 5.77. The van der Waals surface area contributed by atoms with Crippen LogP contribution in [0.2, 0.25) is 0 Å². The van der Waals surface area contributed by atoms with Crippen LogP contribution in [0.4, 0.5) is 5.69 Å². The number of Topliss-reactive ketones (excluding diaryl/α,β-unsaturated/α-hetero) is 1. The van der Waals surface area contributed by atoms with Crippen molar-refractivity contribution in [2.75, 3.05) is 19.0 Å². The molecular weight excluding hydrogens is 729 g/mol. The maximum absolute atomic E-state index is 15.0. The summed E-state index contributed by atoms with van der Waals surface area (Å²) in [6, 6.07) is 9.25. The number of aromatic hydroxyl groups is 1.